The van der Waals surface area contributed by atoms with E-state index < -0.39 is 6.10 Å². The van der Waals surface area contributed by atoms with Crippen LogP contribution in [0.5, 0.6) is 0 Å². The van der Waals surface area contributed by atoms with Crippen LogP contribution in [0.15, 0.2) is 12.4 Å². The fourth-order valence-corrected chi connectivity index (χ4v) is 1.31. The van der Waals surface area contributed by atoms with Gasteiger partial charge in [-0.2, -0.15) is 5.10 Å². The van der Waals surface area contributed by atoms with Gasteiger partial charge in [0.1, 0.15) is 0 Å². The topological polar surface area (TPSA) is 38.1 Å². The summed E-state index contributed by atoms with van der Waals surface area (Å²) >= 11 is 0. The molecule has 0 aliphatic heterocycles. The van der Waals surface area contributed by atoms with Crippen LogP contribution in [-0.2, 0) is 0 Å². The van der Waals surface area contributed by atoms with E-state index in [1.165, 1.54) is 0 Å². The van der Waals surface area contributed by atoms with Crippen molar-refractivity contribution in [3.8, 4) is 11.8 Å². The maximum atomic E-state index is 9.82. The van der Waals surface area contributed by atoms with Gasteiger partial charge in [-0.25, -0.2) is 0 Å². The van der Waals surface area contributed by atoms with Crippen LogP contribution < -0.4 is 0 Å². The summed E-state index contributed by atoms with van der Waals surface area (Å²) in [5.74, 6) is 5.76. The molecule has 1 unspecified atom stereocenters. The van der Waals surface area contributed by atoms with E-state index in [9.17, 15) is 5.11 Å². The van der Waals surface area contributed by atoms with Crippen LogP contribution in [0.1, 0.15) is 51.3 Å². The summed E-state index contributed by atoms with van der Waals surface area (Å²) in [7, 11) is 0. The molecule has 1 heterocycles. The van der Waals surface area contributed by atoms with E-state index in [1.807, 2.05) is 17.8 Å². The molecule has 0 saturated carbocycles. The summed E-state index contributed by atoms with van der Waals surface area (Å²) < 4.78 is 1.85. The molecule has 0 bridgehead atoms. The number of aliphatic hydroxyl groups is 1. The van der Waals surface area contributed by atoms with Gasteiger partial charge in [0.2, 0.25) is 0 Å². The average Bonchev–Trinajstić information content (AvgIpc) is 2.66. The van der Waals surface area contributed by atoms with Crippen LogP contribution in [-0.4, -0.2) is 14.9 Å². The van der Waals surface area contributed by atoms with Gasteiger partial charge >= 0.3 is 0 Å². The molecule has 0 fully saturated rings. The van der Waals surface area contributed by atoms with Gasteiger partial charge in [0, 0.05) is 24.2 Å². The molecule has 1 atom stereocenters. The van der Waals surface area contributed by atoms with E-state index in [0.717, 1.165) is 12.0 Å². The Morgan fingerprint density at radius 1 is 1.53 bits per heavy atom. The van der Waals surface area contributed by atoms with Crippen molar-refractivity contribution in [3.05, 3.63) is 18.0 Å². The van der Waals surface area contributed by atoms with Crippen LogP contribution in [0, 0.1) is 11.8 Å². The number of hydrogen-bond donors (Lipinski definition) is 1. The SMILES string of the molecule is CC#CCCC(O)c1cnn(C(C)C)c1. The zero-order valence-electron chi connectivity index (χ0n) is 9.57. The largest absolute Gasteiger partial charge is 0.388 e. The molecule has 1 N–H and O–H groups in total. The molecule has 15 heavy (non-hydrogen) atoms. The zero-order chi connectivity index (χ0) is 11.3. The third-order valence-electron chi connectivity index (χ3n) is 2.25. The molecule has 0 aromatic carbocycles. The quantitative estimate of drug-likeness (QED) is 0.768. The van der Waals surface area contributed by atoms with E-state index in [1.54, 1.807) is 6.20 Å². The van der Waals surface area contributed by atoms with Crippen LogP contribution in [0.2, 0.25) is 0 Å². The molecule has 0 aliphatic rings. The van der Waals surface area contributed by atoms with Crippen molar-refractivity contribution in [2.45, 2.75) is 45.8 Å². The molecule has 0 saturated heterocycles. The summed E-state index contributed by atoms with van der Waals surface area (Å²) in [6, 6.07) is 0.335. The highest BCUT2D eigenvalue weighted by molar-refractivity contribution is 5.09. The van der Waals surface area contributed by atoms with Gasteiger partial charge in [-0.1, -0.05) is 0 Å². The number of aromatic nitrogens is 2. The molecule has 3 nitrogen and oxygen atoms in total. The Morgan fingerprint density at radius 2 is 2.27 bits per heavy atom. The first-order valence-corrected chi connectivity index (χ1v) is 5.27. The second-order valence-electron chi connectivity index (χ2n) is 3.83. The highest BCUT2D eigenvalue weighted by Crippen LogP contribution is 2.18. The minimum Gasteiger partial charge on any atom is -0.388 e. The molecule has 0 aliphatic carbocycles. The van der Waals surface area contributed by atoms with E-state index >= 15 is 0 Å². The molecular weight excluding hydrogens is 188 g/mol. The maximum absolute atomic E-state index is 9.82. The lowest BCUT2D eigenvalue weighted by atomic mass is 10.1. The normalized spacial score (nSPS) is 12.3. The Kier molecular flexibility index (Phi) is 4.38. The predicted octanol–water partition coefficient (Wildman–Crippen LogP) is 2.30. The third kappa shape index (κ3) is 3.41. The molecule has 1 aromatic heterocycles. The third-order valence-corrected chi connectivity index (χ3v) is 2.25. The molecule has 0 amide bonds. The first-order chi connectivity index (χ1) is 7.15. The maximum Gasteiger partial charge on any atom is 0.0829 e. The van der Waals surface area contributed by atoms with Gasteiger partial charge in [-0.15, -0.1) is 11.8 Å². The first kappa shape index (κ1) is 11.8. The van der Waals surface area contributed by atoms with Gasteiger partial charge in [-0.05, 0) is 27.2 Å². The van der Waals surface area contributed by atoms with Crippen LogP contribution >= 0.6 is 0 Å². The molecule has 0 spiro atoms. The highest BCUT2D eigenvalue weighted by Gasteiger charge is 2.10. The van der Waals surface area contributed by atoms with Crippen LogP contribution in [0.3, 0.4) is 0 Å². The Labute approximate surface area is 91.1 Å². The Bertz CT molecular complexity index is 357. The number of hydrogen-bond acceptors (Lipinski definition) is 2. The number of aliphatic hydroxyl groups excluding tert-OH is 1. The fourth-order valence-electron chi connectivity index (χ4n) is 1.31. The molecular formula is C12H18N2O. The molecule has 1 rings (SSSR count). The Morgan fingerprint density at radius 3 is 2.80 bits per heavy atom. The van der Waals surface area contributed by atoms with E-state index in [4.69, 9.17) is 0 Å². The van der Waals surface area contributed by atoms with Crippen molar-refractivity contribution in [2.75, 3.05) is 0 Å². The summed E-state index contributed by atoms with van der Waals surface area (Å²) in [6.45, 7) is 5.93. The standard InChI is InChI=1S/C12H18N2O/c1-4-5-6-7-12(15)11-8-13-14(9-11)10(2)3/h8-10,12,15H,6-7H2,1-3H3. The van der Waals surface area contributed by atoms with Gasteiger partial charge in [0.25, 0.3) is 0 Å². The second-order valence-corrected chi connectivity index (χ2v) is 3.83. The van der Waals surface area contributed by atoms with Crippen molar-refractivity contribution in [3.63, 3.8) is 0 Å². The van der Waals surface area contributed by atoms with E-state index in [0.29, 0.717) is 12.5 Å². The molecule has 82 valence electrons. The van der Waals surface area contributed by atoms with E-state index in [-0.39, 0.29) is 0 Å². The summed E-state index contributed by atoms with van der Waals surface area (Å²) in [4.78, 5) is 0. The minimum absolute atomic E-state index is 0.335. The van der Waals surface area contributed by atoms with Gasteiger partial charge in [-0.3, -0.25) is 4.68 Å². The highest BCUT2D eigenvalue weighted by atomic mass is 16.3. The van der Waals surface area contributed by atoms with Crippen molar-refractivity contribution >= 4 is 0 Å². The zero-order valence-corrected chi connectivity index (χ0v) is 9.57. The van der Waals surface area contributed by atoms with Gasteiger partial charge in [0.05, 0.1) is 12.3 Å². The lowest BCUT2D eigenvalue weighted by Gasteiger charge is -2.06. The number of rotatable bonds is 4. The average molecular weight is 206 g/mol. The summed E-state index contributed by atoms with van der Waals surface area (Å²) in [5.41, 5.74) is 0.876. The van der Waals surface area contributed by atoms with E-state index in [2.05, 4.69) is 30.8 Å². The smallest absolute Gasteiger partial charge is 0.0829 e. The Hall–Kier alpha value is -1.27. The van der Waals surface area contributed by atoms with Gasteiger partial charge < -0.3 is 5.11 Å². The first-order valence-electron chi connectivity index (χ1n) is 5.27. The summed E-state index contributed by atoms with van der Waals surface area (Å²) in [6.07, 6.45) is 4.58. The Balaban J connectivity index is 2.56. The molecule has 0 radical (unpaired) electrons. The van der Waals surface area contributed by atoms with Crippen molar-refractivity contribution in [2.24, 2.45) is 0 Å². The second kappa shape index (κ2) is 5.57. The number of nitrogens with zero attached hydrogens (tertiary/aromatic N) is 2. The van der Waals surface area contributed by atoms with Crippen LogP contribution in [0.25, 0.3) is 0 Å². The predicted molar refractivity (Wildman–Crippen MR) is 60.3 cm³/mol. The van der Waals surface area contributed by atoms with Gasteiger partial charge in [0.15, 0.2) is 0 Å². The van der Waals surface area contributed by atoms with Crippen LogP contribution in [0.4, 0.5) is 0 Å². The molecule has 3 heteroatoms. The lowest BCUT2D eigenvalue weighted by Crippen LogP contribution is -2.00. The minimum atomic E-state index is -0.446. The fraction of sp³-hybridized carbons (Fsp3) is 0.583. The lowest BCUT2D eigenvalue weighted by molar-refractivity contribution is 0.169. The van der Waals surface area contributed by atoms with Crippen molar-refractivity contribution < 1.29 is 5.11 Å². The monoisotopic (exact) mass is 206 g/mol. The molecule has 1 aromatic rings. The van der Waals surface area contributed by atoms with Crippen molar-refractivity contribution in [1.82, 2.24) is 9.78 Å². The van der Waals surface area contributed by atoms with Crippen molar-refractivity contribution in [1.29, 1.82) is 0 Å². The summed E-state index contributed by atoms with van der Waals surface area (Å²) in [5, 5.41) is 14.0.